The minimum Gasteiger partial charge on any atom is -0.373 e. The van der Waals surface area contributed by atoms with Gasteiger partial charge in [-0.3, -0.25) is 4.79 Å². The molecule has 182 valence electrons. The summed E-state index contributed by atoms with van der Waals surface area (Å²) in [4.78, 5) is 12.2. The van der Waals surface area contributed by atoms with Crippen LogP contribution in [-0.4, -0.2) is 43.4 Å². The van der Waals surface area contributed by atoms with Gasteiger partial charge in [-0.1, -0.05) is 76.7 Å². The predicted octanol–water partition coefficient (Wildman–Crippen LogP) is 4.67. The molecule has 35 heavy (non-hydrogen) atoms. The zero-order chi connectivity index (χ0) is 24.5. The van der Waals surface area contributed by atoms with Crippen molar-refractivity contribution in [3.05, 3.63) is 80.8 Å². The number of aliphatic hydroxyl groups excluding tert-OH is 1. The molecule has 0 fully saturated rings. The van der Waals surface area contributed by atoms with E-state index in [1.54, 1.807) is 17.8 Å². The summed E-state index contributed by atoms with van der Waals surface area (Å²) in [5.41, 5.74) is 1.89. The molecule has 0 aliphatic heterocycles. The SMILES string of the molecule is O=C(Cc1ccccc1)Nc1nnc(CCSCc2nnc(NC(O)Cc3cccc(Cl)c3)s2)s1. The molecule has 0 saturated carbocycles. The number of aryl methyl sites for hydroxylation is 1. The molecule has 2 aromatic heterocycles. The van der Waals surface area contributed by atoms with E-state index in [4.69, 9.17) is 11.6 Å². The Morgan fingerprint density at radius 2 is 1.71 bits per heavy atom. The van der Waals surface area contributed by atoms with Crippen molar-refractivity contribution >= 4 is 62.2 Å². The third-order valence-electron chi connectivity index (χ3n) is 4.68. The van der Waals surface area contributed by atoms with E-state index in [9.17, 15) is 9.90 Å². The number of nitrogens with zero attached hydrogens (tertiary/aromatic N) is 4. The first-order valence-electron chi connectivity index (χ1n) is 10.8. The maximum Gasteiger partial charge on any atom is 0.230 e. The average molecular weight is 547 g/mol. The van der Waals surface area contributed by atoms with Crippen LogP contribution in [0.2, 0.25) is 5.02 Å². The van der Waals surface area contributed by atoms with Crippen molar-refractivity contribution in [1.82, 2.24) is 20.4 Å². The highest BCUT2D eigenvalue weighted by Gasteiger charge is 2.12. The first-order chi connectivity index (χ1) is 17.0. The van der Waals surface area contributed by atoms with Gasteiger partial charge in [0.2, 0.25) is 16.2 Å². The molecule has 0 radical (unpaired) electrons. The third-order valence-corrected chi connectivity index (χ3v) is 7.82. The van der Waals surface area contributed by atoms with E-state index in [1.807, 2.05) is 48.5 Å². The molecule has 0 aliphatic rings. The number of amides is 1. The molecule has 0 saturated heterocycles. The van der Waals surface area contributed by atoms with Gasteiger partial charge in [-0.05, 0) is 23.3 Å². The molecule has 8 nitrogen and oxygen atoms in total. The number of hydrogen-bond acceptors (Lipinski definition) is 10. The van der Waals surface area contributed by atoms with Crippen LogP contribution in [0, 0.1) is 0 Å². The Labute approximate surface area is 220 Å². The van der Waals surface area contributed by atoms with Crippen LogP contribution in [0.5, 0.6) is 0 Å². The number of thioether (sulfide) groups is 1. The Balaban J connectivity index is 1.15. The smallest absolute Gasteiger partial charge is 0.230 e. The Kier molecular flexibility index (Phi) is 9.43. The Bertz CT molecular complexity index is 1240. The number of aliphatic hydroxyl groups is 1. The number of halogens is 1. The van der Waals surface area contributed by atoms with Crippen molar-refractivity contribution in [2.75, 3.05) is 16.4 Å². The van der Waals surface area contributed by atoms with Crippen LogP contribution in [0.3, 0.4) is 0 Å². The summed E-state index contributed by atoms with van der Waals surface area (Å²) in [6, 6.07) is 17.0. The van der Waals surface area contributed by atoms with Gasteiger partial charge >= 0.3 is 0 Å². The Morgan fingerprint density at radius 1 is 0.971 bits per heavy atom. The van der Waals surface area contributed by atoms with Crippen molar-refractivity contribution < 1.29 is 9.90 Å². The number of carbonyl (C=O) groups excluding carboxylic acids is 1. The number of aromatic nitrogens is 4. The molecule has 2 aromatic carbocycles. The quantitative estimate of drug-likeness (QED) is 0.173. The molecule has 4 rings (SSSR count). The predicted molar refractivity (Wildman–Crippen MR) is 143 cm³/mol. The summed E-state index contributed by atoms with van der Waals surface area (Å²) in [6.07, 6.45) is 0.698. The van der Waals surface area contributed by atoms with E-state index in [1.165, 1.54) is 22.7 Å². The highest BCUT2D eigenvalue weighted by Crippen LogP contribution is 2.23. The van der Waals surface area contributed by atoms with Gasteiger partial charge in [-0.2, -0.15) is 11.8 Å². The summed E-state index contributed by atoms with van der Waals surface area (Å²) < 4.78 is 0. The number of rotatable bonds is 12. The molecule has 0 spiro atoms. The molecule has 2 heterocycles. The summed E-state index contributed by atoms with van der Waals surface area (Å²) in [7, 11) is 0. The fraction of sp³-hybridized carbons (Fsp3) is 0.261. The van der Waals surface area contributed by atoms with E-state index < -0.39 is 6.23 Å². The van der Waals surface area contributed by atoms with Crippen LogP contribution in [0.15, 0.2) is 54.6 Å². The van der Waals surface area contributed by atoms with Crippen molar-refractivity contribution in [3.8, 4) is 0 Å². The molecular weight excluding hydrogens is 524 g/mol. The van der Waals surface area contributed by atoms with Crippen molar-refractivity contribution in [1.29, 1.82) is 0 Å². The Morgan fingerprint density at radius 3 is 2.54 bits per heavy atom. The zero-order valence-electron chi connectivity index (χ0n) is 18.6. The highest BCUT2D eigenvalue weighted by atomic mass is 35.5. The van der Waals surface area contributed by atoms with Crippen LogP contribution in [0.25, 0.3) is 0 Å². The van der Waals surface area contributed by atoms with Crippen LogP contribution >= 0.6 is 46.0 Å². The second-order valence-electron chi connectivity index (χ2n) is 7.51. The van der Waals surface area contributed by atoms with E-state index in [0.29, 0.717) is 33.9 Å². The van der Waals surface area contributed by atoms with Crippen LogP contribution < -0.4 is 10.6 Å². The second-order valence-corrected chi connectivity index (χ2v) is 11.2. The molecule has 1 unspecified atom stereocenters. The number of benzene rings is 2. The molecule has 0 bridgehead atoms. The lowest BCUT2D eigenvalue weighted by Crippen LogP contribution is -2.21. The monoisotopic (exact) mass is 546 g/mol. The van der Waals surface area contributed by atoms with Crippen molar-refractivity contribution in [2.45, 2.75) is 31.2 Å². The van der Waals surface area contributed by atoms with Crippen molar-refractivity contribution in [3.63, 3.8) is 0 Å². The van der Waals surface area contributed by atoms with E-state index in [0.717, 1.165) is 33.3 Å². The van der Waals surface area contributed by atoms with E-state index in [2.05, 4.69) is 31.0 Å². The van der Waals surface area contributed by atoms with Gasteiger partial charge in [0.1, 0.15) is 16.2 Å². The van der Waals surface area contributed by atoms with Crippen LogP contribution in [0.1, 0.15) is 21.1 Å². The van der Waals surface area contributed by atoms with Crippen molar-refractivity contribution in [2.24, 2.45) is 0 Å². The lowest BCUT2D eigenvalue weighted by atomic mass is 10.1. The van der Waals surface area contributed by atoms with E-state index in [-0.39, 0.29) is 5.91 Å². The zero-order valence-corrected chi connectivity index (χ0v) is 21.8. The number of carbonyl (C=O) groups is 1. The fourth-order valence-electron chi connectivity index (χ4n) is 3.12. The molecule has 0 aliphatic carbocycles. The highest BCUT2D eigenvalue weighted by molar-refractivity contribution is 7.98. The normalized spacial score (nSPS) is 11.8. The Hall–Kier alpha value is -2.57. The average Bonchev–Trinajstić information content (AvgIpc) is 3.46. The van der Waals surface area contributed by atoms with Gasteiger partial charge in [-0.25, -0.2) is 0 Å². The fourth-order valence-corrected chi connectivity index (χ4v) is 6.00. The summed E-state index contributed by atoms with van der Waals surface area (Å²) in [5, 5.41) is 36.1. The molecule has 1 atom stereocenters. The molecular formula is C23H23ClN6O2S3. The minimum atomic E-state index is -0.776. The van der Waals surface area contributed by atoms with Crippen LogP contribution in [-0.2, 0) is 29.8 Å². The molecule has 12 heteroatoms. The van der Waals surface area contributed by atoms with Gasteiger partial charge in [0.25, 0.3) is 0 Å². The maximum absolute atomic E-state index is 12.2. The third kappa shape index (κ3) is 8.55. The second kappa shape index (κ2) is 12.9. The van der Waals surface area contributed by atoms with Gasteiger partial charge < -0.3 is 15.7 Å². The summed E-state index contributed by atoms with van der Waals surface area (Å²) in [5.74, 6) is 1.45. The van der Waals surface area contributed by atoms with Gasteiger partial charge in [0.05, 0.1) is 6.42 Å². The lowest BCUT2D eigenvalue weighted by Gasteiger charge is -2.11. The first-order valence-corrected chi connectivity index (χ1v) is 14.0. The minimum absolute atomic E-state index is 0.105. The standard InChI is InChI=1S/C23H23ClN6O2S3/c24-17-8-4-7-16(11-17)13-19(32)26-23-30-28-21(35-23)14-33-10-9-20-27-29-22(34-20)25-18(31)12-15-5-2-1-3-6-15/h1-8,11,19,32H,9-10,12-14H2,(H,26,30)(H,25,29,31). The molecule has 3 N–H and O–H groups in total. The number of nitrogens with one attached hydrogen (secondary N) is 2. The van der Waals surface area contributed by atoms with Gasteiger partial charge in [-0.15, -0.1) is 20.4 Å². The summed E-state index contributed by atoms with van der Waals surface area (Å²) in [6.45, 7) is 0. The first kappa shape index (κ1) is 25.5. The topological polar surface area (TPSA) is 113 Å². The largest absolute Gasteiger partial charge is 0.373 e. The van der Waals surface area contributed by atoms with E-state index >= 15 is 0 Å². The number of hydrogen-bond donors (Lipinski definition) is 3. The summed E-state index contributed by atoms with van der Waals surface area (Å²) >= 11 is 10.5. The van der Waals surface area contributed by atoms with Gasteiger partial charge in [0, 0.05) is 29.4 Å². The van der Waals surface area contributed by atoms with Crippen LogP contribution in [0.4, 0.5) is 10.3 Å². The van der Waals surface area contributed by atoms with Gasteiger partial charge in [0.15, 0.2) is 0 Å². The molecule has 1 amide bonds. The number of anilines is 2. The maximum atomic E-state index is 12.2. The lowest BCUT2D eigenvalue weighted by molar-refractivity contribution is -0.115. The molecule has 4 aromatic rings.